The fraction of sp³-hybridized carbons (Fsp3) is 0.250. The number of anilines is 1. The smallest absolute Gasteiger partial charge is 0.238 e. The van der Waals surface area contributed by atoms with E-state index in [-0.39, 0.29) is 16.6 Å². The van der Waals surface area contributed by atoms with Crippen LogP contribution >= 0.6 is 11.8 Å². The van der Waals surface area contributed by atoms with Crippen LogP contribution in [-0.2, 0) is 21.4 Å². The molecule has 1 aromatic heterocycles. The Hall–Kier alpha value is -2.87. The van der Waals surface area contributed by atoms with Crippen molar-refractivity contribution < 1.29 is 13.2 Å². The van der Waals surface area contributed by atoms with Crippen molar-refractivity contribution in [2.45, 2.75) is 36.4 Å². The number of aryl methyl sites for hydroxylation is 1. The van der Waals surface area contributed by atoms with Gasteiger partial charge in [-0.05, 0) is 42.8 Å². The van der Waals surface area contributed by atoms with Crippen LogP contribution in [0.2, 0.25) is 0 Å². The number of aromatic nitrogens is 2. The number of rotatable bonds is 8. The summed E-state index contributed by atoms with van der Waals surface area (Å²) in [5.74, 6) is -0.108. The fourth-order valence-electron chi connectivity index (χ4n) is 2.90. The quantitative estimate of drug-likeness (QED) is 0.514. The molecule has 2 aromatic carbocycles. The second-order valence-corrected chi connectivity index (χ2v) is 9.13. The standard InChI is InChI=1S/C20H21N5O3S2/c1-2-3-9-25-18-8-7-16(30(22,27)28)11-17(18)24-20(25)29-13-19(26)23-15-6-4-5-14(10-15)12-21/h4-8,10-11H,2-3,9,13H2,1H3,(H,23,26)(H2,22,27,28). The van der Waals surface area contributed by atoms with Crippen molar-refractivity contribution in [3.8, 4) is 6.07 Å². The number of primary sulfonamides is 1. The van der Waals surface area contributed by atoms with Gasteiger partial charge in [0, 0.05) is 12.2 Å². The van der Waals surface area contributed by atoms with Crippen molar-refractivity contribution in [1.82, 2.24) is 9.55 Å². The van der Waals surface area contributed by atoms with Gasteiger partial charge in [-0.15, -0.1) is 0 Å². The molecule has 0 saturated carbocycles. The minimum atomic E-state index is -3.82. The van der Waals surface area contributed by atoms with E-state index in [4.69, 9.17) is 10.4 Å². The first-order valence-electron chi connectivity index (χ1n) is 9.27. The summed E-state index contributed by atoms with van der Waals surface area (Å²) in [6.45, 7) is 2.78. The number of nitrogens with zero attached hydrogens (tertiary/aromatic N) is 3. The van der Waals surface area contributed by atoms with Crippen LogP contribution in [-0.4, -0.2) is 29.6 Å². The van der Waals surface area contributed by atoms with Crippen LogP contribution in [0, 0.1) is 11.3 Å². The van der Waals surface area contributed by atoms with E-state index in [1.54, 1.807) is 30.3 Å². The molecule has 1 heterocycles. The molecule has 3 N–H and O–H groups in total. The molecule has 0 fully saturated rings. The van der Waals surface area contributed by atoms with E-state index in [0.717, 1.165) is 18.4 Å². The average molecular weight is 444 g/mol. The van der Waals surface area contributed by atoms with Gasteiger partial charge in [0.1, 0.15) is 0 Å². The Morgan fingerprint density at radius 1 is 1.30 bits per heavy atom. The lowest BCUT2D eigenvalue weighted by Gasteiger charge is -2.09. The van der Waals surface area contributed by atoms with Crippen molar-refractivity contribution in [2.75, 3.05) is 11.1 Å². The normalized spacial score (nSPS) is 11.4. The van der Waals surface area contributed by atoms with E-state index < -0.39 is 10.0 Å². The molecule has 0 aliphatic heterocycles. The van der Waals surface area contributed by atoms with E-state index in [1.165, 1.54) is 23.9 Å². The summed E-state index contributed by atoms with van der Waals surface area (Å²) in [6.07, 6.45) is 1.90. The van der Waals surface area contributed by atoms with Gasteiger partial charge in [0.05, 0.1) is 33.3 Å². The van der Waals surface area contributed by atoms with E-state index in [9.17, 15) is 13.2 Å². The summed E-state index contributed by atoms with van der Waals surface area (Å²) >= 11 is 1.27. The highest BCUT2D eigenvalue weighted by atomic mass is 32.2. The average Bonchev–Trinajstić information content (AvgIpc) is 3.07. The number of nitrogens with one attached hydrogen (secondary N) is 1. The number of carbonyl (C=O) groups excluding carboxylic acids is 1. The summed E-state index contributed by atoms with van der Waals surface area (Å²) < 4.78 is 25.3. The Morgan fingerprint density at radius 2 is 2.10 bits per heavy atom. The monoisotopic (exact) mass is 443 g/mol. The molecule has 0 unspecified atom stereocenters. The first-order valence-corrected chi connectivity index (χ1v) is 11.8. The maximum atomic E-state index is 12.4. The van der Waals surface area contributed by atoms with Crippen LogP contribution in [0.4, 0.5) is 5.69 Å². The number of nitriles is 1. The Morgan fingerprint density at radius 3 is 2.80 bits per heavy atom. The molecule has 156 valence electrons. The summed E-state index contributed by atoms with van der Waals surface area (Å²) in [5, 5.41) is 17.6. The molecule has 3 aromatic rings. The molecule has 0 atom stereocenters. The Labute approximate surface area is 179 Å². The predicted molar refractivity (Wildman–Crippen MR) is 117 cm³/mol. The number of sulfonamides is 1. The van der Waals surface area contributed by atoms with Crippen LogP contribution in [0.15, 0.2) is 52.5 Å². The Bertz CT molecular complexity index is 1230. The van der Waals surface area contributed by atoms with Crippen LogP contribution in [0.5, 0.6) is 0 Å². The molecule has 1 amide bonds. The minimum Gasteiger partial charge on any atom is -0.325 e. The number of hydrogen-bond donors (Lipinski definition) is 2. The van der Waals surface area contributed by atoms with Crippen molar-refractivity contribution in [3.05, 3.63) is 48.0 Å². The van der Waals surface area contributed by atoms with Gasteiger partial charge in [-0.25, -0.2) is 18.5 Å². The van der Waals surface area contributed by atoms with Gasteiger partial charge in [-0.2, -0.15) is 5.26 Å². The van der Waals surface area contributed by atoms with Gasteiger partial charge < -0.3 is 9.88 Å². The van der Waals surface area contributed by atoms with Crippen LogP contribution in [0.25, 0.3) is 11.0 Å². The second kappa shape index (κ2) is 9.30. The topological polar surface area (TPSA) is 131 Å². The first-order chi connectivity index (χ1) is 14.3. The Kier molecular flexibility index (Phi) is 6.77. The van der Waals surface area contributed by atoms with Crippen LogP contribution in [0.1, 0.15) is 25.3 Å². The molecule has 10 heteroatoms. The first kappa shape index (κ1) is 21.8. The maximum Gasteiger partial charge on any atom is 0.238 e. The molecule has 0 radical (unpaired) electrons. The molecule has 0 aliphatic rings. The van der Waals surface area contributed by atoms with Crippen LogP contribution in [0.3, 0.4) is 0 Å². The molecular formula is C20H21N5O3S2. The lowest BCUT2D eigenvalue weighted by molar-refractivity contribution is -0.113. The van der Waals surface area contributed by atoms with Crippen molar-refractivity contribution in [3.63, 3.8) is 0 Å². The molecule has 0 bridgehead atoms. The summed E-state index contributed by atoms with van der Waals surface area (Å²) in [6, 6.07) is 13.3. The largest absolute Gasteiger partial charge is 0.325 e. The Balaban J connectivity index is 1.81. The second-order valence-electron chi connectivity index (χ2n) is 6.62. The fourth-order valence-corrected chi connectivity index (χ4v) is 4.27. The highest BCUT2D eigenvalue weighted by Crippen LogP contribution is 2.26. The van der Waals surface area contributed by atoms with Gasteiger partial charge in [0.2, 0.25) is 15.9 Å². The third kappa shape index (κ3) is 5.18. The van der Waals surface area contributed by atoms with Crippen molar-refractivity contribution >= 4 is 44.4 Å². The zero-order valence-corrected chi connectivity index (χ0v) is 18.0. The maximum absolute atomic E-state index is 12.4. The number of unbranched alkanes of at least 4 members (excludes halogenated alkanes) is 1. The third-order valence-electron chi connectivity index (χ3n) is 4.36. The van der Waals surface area contributed by atoms with Gasteiger partial charge in [0.25, 0.3) is 0 Å². The number of hydrogen-bond acceptors (Lipinski definition) is 6. The number of thioether (sulfide) groups is 1. The van der Waals surface area contributed by atoms with Crippen molar-refractivity contribution in [1.29, 1.82) is 5.26 Å². The van der Waals surface area contributed by atoms with Gasteiger partial charge >= 0.3 is 0 Å². The lowest BCUT2D eigenvalue weighted by Crippen LogP contribution is -2.14. The lowest BCUT2D eigenvalue weighted by atomic mass is 10.2. The number of benzene rings is 2. The van der Waals surface area contributed by atoms with E-state index in [1.807, 2.05) is 10.6 Å². The molecule has 0 aliphatic carbocycles. The van der Waals surface area contributed by atoms with E-state index >= 15 is 0 Å². The highest BCUT2D eigenvalue weighted by molar-refractivity contribution is 7.99. The number of amides is 1. The SMILES string of the molecule is CCCCn1c(SCC(=O)Nc2cccc(C#N)c2)nc2cc(S(N)(=O)=O)ccc21. The molecule has 3 rings (SSSR count). The molecule has 30 heavy (non-hydrogen) atoms. The number of imidazole rings is 1. The van der Waals surface area contributed by atoms with Crippen molar-refractivity contribution in [2.24, 2.45) is 5.14 Å². The van der Waals surface area contributed by atoms with Crippen LogP contribution < -0.4 is 10.5 Å². The molecule has 8 nitrogen and oxygen atoms in total. The van der Waals surface area contributed by atoms with E-state index in [0.29, 0.717) is 28.5 Å². The van der Waals surface area contributed by atoms with E-state index in [2.05, 4.69) is 17.2 Å². The summed E-state index contributed by atoms with van der Waals surface area (Å²) in [4.78, 5) is 16.9. The molecule has 0 spiro atoms. The number of fused-ring (bicyclic) bond motifs is 1. The zero-order chi connectivity index (χ0) is 21.7. The summed E-state index contributed by atoms with van der Waals surface area (Å²) in [5.41, 5.74) is 2.33. The number of carbonyl (C=O) groups is 1. The van der Waals surface area contributed by atoms with Gasteiger partial charge in [-0.1, -0.05) is 31.2 Å². The highest BCUT2D eigenvalue weighted by Gasteiger charge is 2.16. The zero-order valence-electron chi connectivity index (χ0n) is 16.3. The summed E-state index contributed by atoms with van der Waals surface area (Å²) in [7, 11) is -3.82. The minimum absolute atomic E-state index is 0.00168. The number of nitrogens with two attached hydrogens (primary N) is 1. The molecular weight excluding hydrogens is 422 g/mol. The van der Waals surface area contributed by atoms with Gasteiger partial charge in [-0.3, -0.25) is 4.79 Å². The third-order valence-corrected chi connectivity index (χ3v) is 6.24. The predicted octanol–water partition coefficient (Wildman–Crippen LogP) is 3.09. The molecule has 0 saturated heterocycles. The van der Waals surface area contributed by atoms with Gasteiger partial charge in [0.15, 0.2) is 5.16 Å².